The molecule has 1 aromatic carbocycles. The highest BCUT2D eigenvalue weighted by molar-refractivity contribution is 5.91. The number of benzene rings is 1. The van der Waals surface area contributed by atoms with Gasteiger partial charge in [0.2, 0.25) is 5.91 Å². The number of likely N-dealkylation sites (tertiary alicyclic amines) is 1. The van der Waals surface area contributed by atoms with Crippen LogP contribution in [0.15, 0.2) is 30.3 Å². The lowest BCUT2D eigenvalue weighted by molar-refractivity contribution is -0.125. The van der Waals surface area contributed by atoms with Crippen LogP contribution >= 0.6 is 0 Å². The van der Waals surface area contributed by atoms with E-state index in [4.69, 9.17) is 5.73 Å². The quantitative estimate of drug-likeness (QED) is 0.655. The van der Waals surface area contributed by atoms with E-state index in [1.165, 1.54) is 6.42 Å². The van der Waals surface area contributed by atoms with E-state index in [1.807, 2.05) is 35.2 Å². The lowest BCUT2D eigenvalue weighted by Crippen LogP contribution is -2.30. The fourth-order valence-corrected chi connectivity index (χ4v) is 2.36. The first-order valence-corrected chi connectivity index (χ1v) is 6.97. The molecule has 0 saturated carbocycles. The smallest absolute Gasteiger partial charge is 0.246 e. The standard InChI is InChI=1S/C16H22N2O/c1-13-3-2-11-18(12-10-13)16(19)9-6-14-4-7-15(17)8-5-14/h4-9,13H,2-3,10-12,17H2,1H3/b9-6+. The maximum Gasteiger partial charge on any atom is 0.246 e. The highest BCUT2D eigenvalue weighted by atomic mass is 16.2. The van der Waals surface area contributed by atoms with Gasteiger partial charge in [0, 0.05) is 24.9 Å². The summed E-state index contributed by atoms with van der Waals surface area (Å²) in [6.07, 6.45) is 6.98. The van der Waals surface area contributed by atoms with Crippen molar-refractivity contribution >= 4 is 17.7 Å². The maximum absolute atomic E-state index is 12.1. The molecule has 1 heterocycles. The van der Waals surface area contributed by atoms with Gasteiger partial charge in [0.25, 0.3) is 0 Å². The molecule has 0 radical (unpaired) electrons. The van der Waals surface area contributed by atoms with Crippen LogP contribution in [0.5, 0.6) is 0 Å². The van der Waals surface area contributed by atoms with Crippen molar-refractivity contribution in [2.24, 2.45) is 5.92 Å². The number of nitrogen functional groups attached to an aromatic ring is 1. The molecule has 1 saturated heterocycles. The second kappa shape index (κ2) is 6.41. The van der Waals surface area contributed by atoms with E-state index < -0.39 is 0 Å². The summed E-state index contributed by atoms with van der Waals surface area (Å²) in [6.45, 7) is 4.03. The Balaban J connectivity index is 1.94. The van der Waals surface area contributed by atoms with Crippen molar-refractivity contribution in [3.05, 3.63) is 35.9 Å². The summed E-state index contributed by atoms with van der Waals surface area (Å²) < 4.78 is 0. The first kappa shape index (κ1) is 13.7. The largest absolute Gasteiger partial charge is 0.399 e. The van der Waals surface area contributed by atoms with Crippen molar-refractivity contribution in [3.8, 4) is 0 Å². The molecule has 1 unspecified atom stereocenters. The van der Waals surface area contributed by atoms with E-state index in [1.54, 1.807) is 6.08 Å². The molecule has 0 spiro atoms. The molecule has 2 N–H and O–H groups in total. The lowest BCUT2D eigenvalue weighted by Gasteiger charge is -2.18. The van der Waals surface area contributed by atoms with E-state index in [0.29, 0.717) is 0 Å². The number of nitrogens with two attached hydrogens (primary N) is 1. The van der Waals surface area contributed by atoms with Gasteiger partial charge in [-0.2, -0.15) is 0 Å². The van der Waals surface area contributed by atoms with Gasteiger partial charge in [-0.25, -0.2) is 0 Å². The first-order valence-electron chi connectivity index (χ1n) is 6.97. The second-order valence-electron chi connectivity index (χ2n) is 5.36. The monoisotopic (exact) mass is 258 g/mol. The minimum Gasteiger partial charge on any atom is -0.399 e. The molecule has 2 rings (SSSR count). The fraction of sp³-hybridized carbons (Fsp3) is 0.438. The summed E-state index contributed by atoms with van der Waals surface area (Å²) in [5, 5.41) is 0. The van der Waals surface area contributed by atoms with Gasteiger partial charge in [0.05, 0.1) is 0 Å². The summed E-state index contributed by atoms with van der Waals surface area (Å²) in [5.74, 6) is 0.852. The summed E-state index contributed by atoms with van der Waals surface area (Å²) >= 11 is 0. The predicted molar refractivity (Wildman–Crippen MR) is 79.5 cm³/mol. The third-order valence-electron chi connectivity index (χ3n) is 3.68. The number of rotatable bonds is 2. The van der Waals surface area contributed by atoms with Crippen LogP contribution in [0.4, 0.5) is 5.69 Å². The van der Waals surface area contributed by atoms with Gasteiger partial charge in [-0.3, -0.25) is 4.79 Å². The van der Waals surface area contributed by atoms with Gasteiger partial charge >= 0.3 is 0 Å². The number of hydrogen-bond donors (Lipinski definition) is 1. The molecule has 1 fully saturated rings. The first-order chi connectivity index (χ1) is 9.15. The number of anilines is 1. The lowest BCUT2D eigenvalue weighted by atomic mass is 10.0. The van der Waals surface area contributed by atoms with Crippen molar-refractivity contribution in [3.63, 3.8) is 0 Å². The van der Waals surface area contributed by atoms with Crippen LogP contribution in [0.1, 0.15) is 31.7 Å². The van der Waals surface area contributed by atoms with Crippen LogP contribution in [-0.2, 0) is 4.79 Å². The average molecular weight is 258 g/mol. The van der Waals surface area contributed by atoms with Crippen LogP contribution in [0, 0.1) is 5.92 Å². The van der Waals surface area contributed by atoms with Crippen molar-refractivity contribution in [2.75, 3.05) is 18.8 Å². The molecule has 0 bridgehead atoms. The molecule has 1 aliphatic rings. The van der Waals surface area contributed by atoms with Crippen LogP contribution < -0.4 is 5.73 Å². The van der Waals surface area contributed by atoms with Crippen molar-refractivity contribution < 1.29 is 4.79 Å². The number of amides is 1. The van der Waals surface area contributed by atoms with Gasteiger partial charge in [0.1, 0.15) is 0 Å². The van der Waals surface area contributed by atoms with Crippen LogP contribution in [0.2, 0.25) is 0 Å². The molecule has 1 amide bonds. The molecule has 0 aliphatic carbocycles. The van der Waals surface area contributed by atoms with E-state index in [2.05, 4.69) is 6.92 Å². The number of carbonyl (C=O) groups excluding carboxylic acids is 1. The van der Waals surface area contributed by atoms with Crippen molar-refractivity contribution in [2.45, 2.75) is 26.2 Å². The van der Waals surface area contributed by atoms with Gasteiger partial charge < -0.3 is 10.6 Å². The van der Waals surface area contributed by atoms with E-state index >= 15 is 0 Å². The van der Waals surface area contributed by atoms with Crippen molar-refractivity contribution in [1.82, 2.24) is 4.90 Å². The van der Waals surface area contributed by atoms with E-state index in [-0.39, 0.29) is 5.91 Å². The second-order valence-corrected chi connectivity index (χ2v) is 5.36. The Morgan fingerprint density at radius 2 is 2.00 bits per heavy atom. The van der Waals surface area contributed by atoms with E-state index in [0.717, 1.165) is 43.1 Å². The highest BCUT2D eigenvalue weighted by Gasteiger charge is 2.16. The normalized spacial score (nSPS) is 20.5. The van der Waals surface area contributed by atoms with E-state index in [9.17, 15) is 4.79 Å². The Labute approximate surface area is 115 Å². The summed E-state index contributed by atoms with van der Waals surface area (Å²) in [4.78, 5) is 14.1. The number of hydrogen-bond acceptors (Lipinski definition) is 2. The Kier molecular flexibility index (Phi) is 4.61. The van der Waals surface area contributed by atoms with Crippen LogP contribution in [0.25, 0.3) is 6.08 Å². The SMILES string of the molecule is CC1CCCN(C(=O)/C=C/c2ccc(N)cc2)CC1. The average Bonchev–Trinajstić information content (AvgIpc) is 2.63. The predicted octanol–water partition coefficient (Wildman–Crippen LogP) is 2.93. The number of nitrogens with zero attached hydrogens (tertiary/aromatic N) is 1. The Morgan fingerprint density at radius 3 is 2.74 bits per heavy atom. The van der Waals surface area contributed by atoms with Gasteiger partial charge in [-0.1, -0.05) is 19.1 Å². The van der Waals surface area contributed by atoms with Gasteiger partial charge in [-0.15, -0.1) is 0 Å². The summed E-state index contributed by atoms with van der Waals surface area (Å²) in [6, 6.07) is 7.53. The summed E-state index contributed by atoms with van der Waals surface area (Å²) in [5.41, 5.74) is 7.38. The highest BCUT2D eigenvalue weighted by Crippen LogP contribution is 2.17. The minimum absolute atomic E-state index is 0.117. The molecule has 19 heavy (non-hydrogen) atoms. The third kappa shape index (κ3) is 4.12. The third-order valence-corrected chi connectivity index (χ3v) is 3.68. The molecule has 1 atom stereocenters. The fourth-order valence-electron chi connectivity index (χ4n) is 2.36. The molecular weight excluding hydrogens is 236 g/mol. The van der Waals surface area contributed by atoms with Crippen molar-refractivity contribution in [1.29, 1.82) is 0 Å². The maximum atomic E-state index is 12.1. The molecule has 102 valence electrons. The van der Waals surface area contributed by atoms with Gasteiger partial charge in [-0.05, 0) is 49.0 Å². The topological polar surface area (TPSA) is 46.3 Å². The molecule has 1 aromatic rings. The number of carbonyl (C=O) groups is 1. The zero-order valence-electron chi connectivity index (χ0n) is 11.5. The van der Waals surface area contributed by atoms with Crippen LogP contribution in [0.3, 0.4) is 0 Å². The van der Waals surface area contributed by atoms with Gasteiger partial charge in [0.15, 0.2) is 0 Å². The Hall–Kier alpha value is -1.77. The zero-order valence-corrected chi connectivity index (χ0v) is 11.5. The Bertz CT molecular complexity index is 450. The molecule has 1 aliphatic heterocycles. The van der Waals surface area contributed by atoms with Crippen LogP contribution in [-0.4, -0.2) is 23.9 Å². The molecule has 3 nitrogen and oxygen atoms in total. The molecule has 0 aromatic heterocycles. The zero-order chi connectivity index (χ0) is 13.7. The minimum atomic E-state index is 0.117. The summed E-state index contributed by atoms with van der Waals surface area (Å²) in [7, 11) is 0. The molecule has 3 heteroatoms. The Morgan fingerprint density at radius 1 is 1.26 bits per heavy atom. The molecular formula is C16H22N2O.